The van der Waals surface area contributed by atoms with Crippen LogP contribution in [0.5, 0.6) is 0 Å². The Morgan fingerprint density at radius 2 is 1.12 bits per heavy atom. The van der Waals surface area contributed by atoms with Crippen LogP contribution >= 0.6 is 22.7 Å². The van der Waals surface area contributed by atoms with Crippen molar-refractivity contribution in [1.82, 2.24) is 48.3 Å². The standard InChI is InChI=1S/C22H28N6O3SSi.C21H26N6O3SSi/c1-15-11-28-18(17-9-24-27(12-17)14-31-6-7-33(3,4)5)10-23-21(28)20(25-15)26-19-8-16(13-32-19)22(29)30-2;1-14-10-27-17(16-8-23-26(11-16)13-30-5-6-32(2,3)4)9-22-20(27)19(24-14)25-18-7-15(12-31-18)21(28)29/h8-13H,6-7,14H2,1-5H3,(H,25,26);7-12H,5-6,13H2,1-4H3,(H,24,25)(H,28,29). The van der Waals surface area contributed by atoms with Crippen LogP contribution in [0.4, 0.5) is 21.6 Å². The third kappa shape index (κ3) is 12.2. The second kappa shape index (κ2) is 20.0. The lowest BCUT2D eigenvalue weighted by Crippen LogP contribution is -2.22. The number of fused-ring (bicyclic) bond motifs is 2. The Bertz CT molecular complexity index is 2920. The molecule has 8 aromatic rings. The highest BCUT2D eigenvalue weighted by Gasteiger charge is 2.18. The van der Waals surface area contributed by atoms with Crippen LogP contribution in [0, 0.1) is 13.8 Å². The number of methoxy groups -OCH3 is 1. The van der Waals surface area contributed by atoms with Gasteiger partial charge in [0.05, 0.1) is 75.8 Å². The Kier molecular flexibility index (Phi) is 14.4. The van der Waals surface area contributed by atoms with Crippen molar-refractivity contribution in [2.45, 2.75) is 78.7 Å². The maximum Gasteiger partial charge on any atom is 0.338 e. The summed E-state index contributed by atoms with van der Waals surface area (Å²) in [7, 11) is -0.857. The number of anilines is 4. The number of nitrogens with one attached hydrogen (secondary N) is 2. The number of aryl methyl sites for hydroxylation is 2. The summed E-state index contributed by atoms with van der Waals surface area (Å²) in [6.07, 6.45) is 15.0. The first kappa shape index (κ1) is 46.9. The molecule has 22 heteroatoms. The summed E-state index contributed by atoms with van der Waals surface area (Å²) in [5, 5.41) is 29.3. The molecular weight excluding hydrogens is 901 g/mol. The third-order valence-corrected chi connectivity index (χ3v) is 15.0. The number of aromatic carboxylic acids is 1. The lowest BCUT2D eigenvalue weighted by atomic mass is 10.3. The predicted molar refractivity (Wildman–Crippen MR) is 260 cm³/mol. The van der Waals surface area contributed by atoms with Crippen molar-refractivity contribution >= 4 is 83.7 Å². The number of esters is 1. The first-order valence-electron chi connectivity index (χ1n) is 20.9. The maximum atomic E-state index is 11.7. The zero-order valence-corrected chi connectivity index (χ0v) is 41.6. The van der Waals surface area contributed by atoms with Crippen LogP contribution in [0.15, 0.2) is 72.5 Å². The Labute approximate surface area is 386 Å². The van der Waals surface area contributed by atoms with Gasteiger partial charge < -0.3 is 30.0 Å². The summed E-state index contributed by atoms with van der Waals surface area (Å²) in [5.41, 5.74) is 7.36. The van der Waals surface area contributed by atoms with Gasteiger partial charge in [0, 0.05) is 76.0 Å². The van der Waals surface area contributed by atoms with Gasteiger partial charge >= 0.3 is 11.9 Å². The second-order valence-corrected chi connectivity index (χ2v) is 30.9. The second-order valence-electron chi connectivity index (χ2n) is 17.8. The summed E-state index contributed by atoms with van der Waals surface area (Å²) in [5.74, 6) is -0.147. The average Bonchev–Trinajstić information content (AvgIpc) is 4.09. The number of carbonyl (C=O) groups excluding carboxylic acids is 1. The summed E-state index contributed by atoms with van der Waals surface area (Å²) < 4.78 is 23.9. The lowest BCUT2D eigenvalue weighted by Gasteiger charge is -2.15. The molecule has 3 N–H and O–H groups in total. The Morgan fingerprint density at radius 3 is 1.54 bits per heavy atom. The molecule has 18 nitrogen and oxygen atoms in total. The highest BCUT2D eigenvalue weighted by atomic mass is 32.1. The predicted octanol–water partition coefficient (Wildman–Crippen LogP) is 9.52. The third-order valence-electron chi connectivity index (χ3n) is 9.87. The maximum absolute atomic E-state index is 11.7. The molecular formula is C43H54N12O6S2Si2. The van der Waals surface area contributed by atoms with Crippen LogP contribution in [0.3, 0.4) is 0 Å². The number of carboxylic acid groups (broad SMARTS) is 1. The van der Waals surface area contributed by atoms with Crippen molar-refractivity contribution in [2.75, 3.05) is 31.0 Å². The topological polar surface area (TPSA) is 202 Å². The van der Waals surface area contributed by atoms with E-state index in [4.69, 9.17) is 19.3 Å². The SMILES string of the molecule is COC(=O)c1csc(Nc2nc(C)cn3c(-c4cnn(COCC[Si](C)(C)C)c4)cnc23)c1.Cc1cn2c(-c3cnn(COCC[Si](C)(C)C)c3)cnc2c(Nc2cc(C(=O)O)cs2)n1. The molecule has 0 aliphatic heterocycles. The Morgan fingerprint density at radius 1 is 0.677 bits per heavy atom. The summed E-state index contributed by atoms with van der Waals surface area (Å²) >= 11 is 2.72. The molecule has 0 bridgehead atoms. The number of hydrogen-bond donors (Lipinski definition) is 3. The number of thiophene rings is 2. The van der Waals surface area contributed by atoms with Gasteiger partial charge in [0.1, 0.15) is 13.5 Å². The van der Waals surface area contributed by atoms with Crippen molar-refractivity contribution in [3.63, 3.8) is 0 Å². The van der Waals surface area contributed by atoms with Crippen LogP contribution in [0.2, 0.25) is 51.4 Å². The van der Waals surface area contributed by atoms with Gasteiger partial charge in [0.15, 0.2) is 22.9 Å². The summed E-state index contributed by atoms with van der Waals surface area (Å²) in [4.78, 5) is 41.2. The molecule has 0 saturated carbocycles. The van der Waals surface area contributed by atoms with Crippen LogP contribution in [0.1, 0.15) is 32.1 Å². The number of aromatic nitrogens is 10. The molecule has 342 valence electrons. The zero-order chi connectivity index (χ0) is 46.5. The fourth-order valence-corrected chi connectivity index (χ4v) is 9.45. The molecule has 0 unspecified atom stereocenters. The monoisotopic (exact) mass is 954 g/mol. The van der Waals surface area contributed by atoms with E-state index in [2.05, 4.69) is 80.0 Å². The molecule has 0 atom stereocenters. The number of hydrogen-bond acceptors (Lipinski definition) is 15. The minimum atomic E-state index is -1.11. The van der Waals surface area contributed by atoms with Crippen molar-refractivity contribution < 1.29 is 28.9 Å². The summed E-state index contributed by atoms with van der Waals surface area (Å²) in [6.45, 7) is 20.2. The van der Waals surface area contributed by atoms with Crippen molar-refractivity contribution in [3.05, 3.63) is 95.0 Å². The van der Waals surface area contributed by atoms with Crippen LogP contribution in [-0.4, -0.2) is 102 Å². The molecule has 0 aliphatic rings. The number of carboxylic acids is 1. The molecule has 0 radical (unpaired) electrons. The van der Waals surface area contributed by atoms with Crippen LogP contribution in [0.25, 0.3) is 33.8 Å². The van der Waals surface area contributed by atoms with E-state index >= 15 is 0 Å². The molecule has 65 heavy (non-hydrogen) atoms. The molecule has 0 spiro atoms. The van der Waals surface area contributed by atoms with Crippen molar-refractivity contribution in [3.8, 4) is 22.5 Å². The first-order valence-corrected chi connectivity index (χ1v) is 30.0. The molecule has 0 aromatic carbocycles. The molecule has 0 saturated heterocycles. The smallest absolute Gasteiger partial charge is 0.338 e. The molecule has 0 aliphatic carbocycles. The van der Waals surface area contributed by atoms with E-state index in [9.17, 15) is 9.59 Å². The lowest BCUT2D eigenvalue weighted by molar-refractivity contribution is 0.0600. The molecule has 0 amide bonds. The van der Waals surface area contributed by atoms with Gasteiger partial charge in [-0.25, -0.2) is 38.9 Å². The number of imidazole rings is 2. The molecule has 8 heterocycles. The van der Waals surface area contributed by atoms with Gasteiger partial charge in [0.2, 0.25) is 0 Å². The molecule has 8 rings (SSSR count). The van der Waals surface area contributed by atoms with E-state index in [1.807, 2.05) is 59.8 Å². The normalized spacial score (nSPS) is 11.8. The fraction of sp³-hybridized carbons (Fsp3) is 0.349. The fourth-order valence-electron chi connectivity index (χ4n) is 6.39. The van der Waals surface area contributed by atoms with Gasteiger partial charge in [0.25, 0.3) is 0 Å². The minimum absolute atomic E-state index is 0.240. The highest BCUT2D eigenvalue weighted by Crippen LogP contribution is 2.31. The van der Waals surface area contributed by atoms with Gasteiger partial charge in [-0.05, 0) is 38.1 Å². The van der Waals surface area contributed by atoms with Gasteiger partial charge in [-0.2, -0.15) is 10.2 Å². The number of nitrogens with zero attached hydrogens (tertiary/aromatic N) is 10. The number of rotatable bonds is 18. The molecule has 0 fully saturated rings. The minimum Gasteiger partial charge on any atom is -0.478 e. The van der Waals surface area contributed by atoms with E-state index in [1.54, 1.807) is 44.7 Å². The van der Waals surface area contributed by atoms with Crippen LogP contribution < -0.4 is 10.6 Å². The van der Waals surface area contributed by atoms with Crippen molar-refractivity contribution in [2.24, 2.45) is 0 Å². The van der Waals surface area contributed by atoms with E-state index in [-0.39, 0.29) is 11.5 Å². The number of ether oxygens (including phenoxy) is 3. The highest BCUT2D eigenvalue weighted by molar-refractivity contribution is 7.14. The van der Waals surface area contributed by atoms with Gasteiger partial charge in [-0.15, -0.1) is 22.7 Å². The van der Waals surface area contributed by atoms with E-state index in [1.165, 1.54) is 29.8 Å². The van der Waals surface area contributed by atoms with E-state index in [0.717, 1.165) is 64.2 Å². The Balaban J connectivity index is 0.000000194. The van der Waals surface area contributed by atoms with Gasteiger partial charge in [-0.3, -0.25) is 8.80 Å². The first-order chi connectivity index (χ1) is 30.9. The largest absolute Gasteiger partial charge is 0.478 e. The number of carbonyl (C=O) groups is 2. The van der Waals surface area contributed by atoms with Crippen molar-refractivity contribution in [1.29, 1.82) is 0 Å². The molecule has 8 aromatic heterocycles. The van der Waals surface area contributed by atoms with Gasteiger partial charge in [-0.1, -0.05) is 39.3 Å². The zero-order valence-electron chi connectivity index (χ0n) is 37.9. The summed E-state index contributed by atoms with van der Waals surface area (Å²) in [6, 6.07) is 5.58. The van der Waals surface area contributed by atoms with Crippen LogP contribution in [-0.2, 0) is 27.7 Å². The average molecular weight is 955 g/mol. The quantitative estimate of drug-likeness (QED) is 0.0417. The Hall–Kier alpha value is -6.05. The van der Waals surface area contributed by atoms with E-state index < -0.39 is 22.1 Å². The van der Waals surface area contributed by atoms with E-state index in [0.29, 0.717) is 47.0 Å².